The minimum Gasteiger partial charge on any atom is -0.312 e. The number of carbonyl (C=O) groups excluding carboxylic acids is 1. The van der Waals surface area contributed by atoms with E-state index in [1.165, 1.54) is 0 Å². The summed E-state index contributed by atoms with van der Waals surface area (Å²) in [5.41, 5.74) is 2.37. The maximum atomic E-state index is 12.2. The lowest BCUT2D eigenvalue weighted by atomic mass is 10.1. The highest BCUT2D eigenvalue weighted by Crippen LogP contribution is 2.29. The molecule has 3 rings (SSSR count). The Kier molecular flexibility index (Phi) is 4.56. The molecule has 0 spiro atoms. The normalized spacial score (nSPS) is 18.2. The van der Waals surface area contributed by atoms with Gasteiger partial charge in [-0.15, -0.1) is 0 Å². The third-order valence-corrected chi connectivity index (χ3v) is 5.12. The molecule has 2 heterocycles. The Balaban J connectivity index is 1.85. The number of aryl methyl sites for hydroxylation is 1. The van der Waals surface area contributed by atoms with Gasteiger partial charge in [0, 0.05) is 47.0 Å². The van der Waals surface area contributed by atoms with E-state index in [-0.39, 0.29) is 24.0 Å². The van der Waals surface area contributed by atoms with Crippen LogP contribution in [0.25, 0.3) is 11.3 Å². The summed E-state index contributed by atoms with van der Waals surface area (Å²) in [5, 5.41) is 0. The number of carbonyl (C=O) groups is 1. The van der Waals surface area contributed by atoms with Crippen LogP contribution in [0.4, 0.5) is 5.69 Å². The van der Waals surface area contributed by atoms with Crippen LogP contribution in [0, 0.1) is 12.8 Å². The monoisotopic (exact) mass is 365 g/mol. The van der Waals surface area contributed by atoms with Crippen molar-refractivity contribution >= 4 is 31.3 Å². The van der Waals surface area contributed by atoms with E-state index >= 15 is 0 Å². The summed E-state index contributed by atoms with van der Waals surface area (Å²) < 4.78 is 22.5. The topological polar surface area (TPSA) is 80.2 Å². The molecule has 1 atom stereocenters. The molecule has 24 heavy (non-hydrogen) atoms. The fourth-order valence-electron chi connectivity index (χ4n) is 2.87. The summed E-state index contributed by atoms with van der Waals surface area (Å²) in [4.78, 5) is 22.3. The van der Waals surface area contributed by atoms with Crippen molar-refractivity contribution in [3.63, 3.8) is 0 Å². The van der Waals surface area contributed by atoms with Crippen molar-refractivity contribution in [1.82, 2.24) is 9.97 Å². The summed E-state index contributed by atoms with van der Waals surface area (Å²) in [7, 11) is 1.69. The molecule has 0 aliphatic carbocycles. The lowest BCUT2D eigenvalue weighted by molar-refractivity contribution is -0.117. The summed E-state index contributed by atoms with van der Waals surface area (Å²) in [5.74, 6) is 0.0884. The number of hydrogen-bond donors (Lipinski definition) is 0. The maximum absolute atomic E-state index is 12.2. The Morgan fingerprint density at radius 3 is 2.83 bits per heavy atom. The molecule has 1 unspecified atom stereocenters. The van der Waals surface area contributed by atoms with Gasteiger partial charge in [0.1, 0.15) is 5.82 Å². The first-order valence-corrected chi connectivity index (χ1v) is 9.92. The van der Waals surface area contributed by atoms with Gasteiger partial charge in [0.15, 0.2) is 0 Å². The molecule has 1 saturated heterocycles. The van der Waals surface area contributed by atoms with Crippen molar-refractivity contribution in [1.29, 1.82) is 0 Å². The smallest absolute Gasteiger partial charge is 0.232 e. The molecule has 6 nitrogen and oxygen atoms in total. The first kappa shape index (κ1) is 16.9. The van der Waals surface area contributed by atoms with E-state index in [4.69, 9.17) is 10.7 Å². The molecule has 0 N–H and O–H groups in total. The molecule has 0 radical (unpaired) electrons. The van der Waals surface area contributed by atoms with Gasteiger partial charge in [-0.1, -0.05) is 12.1 Å². The number of amides is 1. The Morgan fingerprint density at radius 1 is 1.33 bits per heavy atom. The predicted molar refractivity (Wildman–Crippen MR) is 92.3 cm³/mol. The highest BCUT2D eigenvalue weighted by molar-refractivity contribution is 8.13. The number of hydrogen-bond acceptors (Lipinski definition) is 5. The van der Waals surface area contributed by atoms with Crippen molar-refractivity contribution in [3.8, 4) is 11.3 Å². The molecular weight excluding hydrogens is 350 g/mol. The molecule has 1 amide bonds. The van der Waals surface area contributed by atoms with Gasteiger partial charge in [-0.25, -0.2) is 18.4 Å². The largest absolute Gasteiger partial charge is 0.312 e. The van der Waals surface area contributed by atoms with Gasteiger partial charge < -0.3 is 4.90 Å². The average Bonchev–Trinajstić information content (AvgIpc) is 2.86. The Morgan fingerprint density at radius 2 is 2.12 bits per heavy atom. The molecule has 2 aromatic rings. The molecule has 8 heteroatoms. The van der Waals surface area contributed by atoms with Gasteiger partial charge in [0.2, 0.25) is 15.0 Å². The fraction of sp³-hybridized carbons (Fsp3) is 0.312. The van der Waals surface area contributed by atoms with Crippen molar-refractivity contribution in [2.24, 2.45) is 5.92 Å². The maximum Gasteiger partial charge on any atom is 0.232 e. The quantitative estimate of drug-likeness (QED) is 0.777. The zero-order chi connectivity index (χ0) is 17.3. The Hall–Kier alpha value is -1.99. The Bertz CT molecular complexity index is 886. The van der Waals surface area contributed by atoms with Crippen molar-refractivity contribution in [2.75, 3.05) is 17.2 Å². The summed E-state index contributed by atoms with van der Waals surface area (Å²) in [6.45, 7) is 2.16. The first-order valence-electron chi connectivity index (χ1n) is 7.44. The van der Waals surface area contributed by atoms with Crippen LogP contribution < -0.4 is 4.90 Å². The third kappa shape index (κ3) is 3.91. The van der Waals surface area contributed by atoms with Crippen LogP contribution in [0.5, 0.6) is 0 Å². The van der Waals surface area contributed by atoms with Gasteiger partial charge >= 0.3 is 0 Å². The molecular formula is C16H16ClN3O3S. The van der Waals surface area contributed by atoms with Gasteiger partial charge in [0.05, 0.1) is 11.4 Å². The second-order valence-corrected chi connectivity index (χ2v) is 8.64. The van der Waals surface area contributed by atoms with E-state index in [0.717, 1.165) is 16.9 Å². The van der Waals surface area contributed by atoms with Crippen LogP contribution in [-0.2, 0) is 13.8 Å². The minimum absolute atomic E-state index is 0.101. The Labute approximate surface area is 144 Å². The van der Waals surface area contributed by atoms with Gasteiger partial charge in [-0.2, -0.15) is 0 Å². The van der Waals surface area contributed by atoms with E-state index in [0.29, 0.717) is 12.4 Å². The minimum atomic E-state index is -3.62. The molecule has 1 aliphatic heterocycles. The molecule has 0 bridgehead atoms. The zero-order valence-corrected chi connectivity index (χ0v) is 14.6. The van der Waals surface area contributed by atoms with E-state index in [2.05, 4.69) is 9.97 Å². The average molecular weight is 366 g/mol. The molecule has 1 aliphatic rings. The second-order valence-electron chi connectivity index (χ2n) is 5.82. The zero-order valence-electron chi connectivity index (χ0n) is 13.0. The van der Waals surface area contributed by atoms with Crippen molar-refractivity contribution < 1.29 is 13.2 Å². The van der Waals surface area contributed by atoms with E-state index in [1.807, 2.05) is 31.2 Å². The second kappa shape index (κ2) is 6.49. The van der Waals surface area contributed by atoms with Gasteiger partial charge in [-0.05, 0) is 25.1 Å². The van der Waals surface area contributed by atoms with Crippen LogP contribution in [0.2, 0.25) is 0 Å². The van der Waals surface area contributed by atoms with Gasteiger partial charge in [0.25, 0.3) is 0 Å². The van der Waals surface area contributed by atoms with Crippen LogP contribution in [-0.4, -0.2) is 36.6 Å². The van der Waals surface area contributed by atoms with Crippen LogP contribution in [0.15, 0.2) is 36.5 Å². The number of aromatic nitrogens is 2. The first-order chi connectivity index (χ1) is 11.3. The lowest BCUT2D eigenvalue weighted by Gasteiger charge is -2.17. The molecule has 0 saturated carbocycles. The van der Waals surface area contributed by atoms with Crippen LogP contribution >= 0.6 is 10.7 Å². The SMILES string of the molecule is Cc1nccc(-c2cccc(N3CC(CS(=O)(=O)Cl)CC3=O)c2)n1. The van der Waals surface area contributed by atoms with E-state index in [9.17, 15) is 13.2 Å². The standard InChI is InChI=1S/C16H16ClN3O3S/c1-11-18-6-5-15(19-11)13-3-2-4-14(8-13)20-9-12(7-16(20)21)10-24(17,22)23/h2-6,8,12H,7,9-10H2,1H3. The number of nitrogens with zero attached hydrogens (tertiary/aromatic N) is 3. The van der Waals surface area contributed by atoms with Crippen molar-refractivity contribution in [2.45, 2.75) is 13.3 Å². The summed E-state index contributed by atoms with van der Waals surface area (Å²) >= 11 is 0. The van der Waals surface area contributed by atoms with Gasteiger partial charge in [-0.3, -0.25) is 4.79 Å². The number of anilines is 1. The third-order valence-electron chi connectivity index (χ3n) is 3.87. The highest BCUT2D eigenvalue weighted by Gasteiger charge is 2.33. The fourth-order valence-corrected chi connectivity index (χ4v) is 4.20. The predicted octanol–water partition coefficient (Wildman–Crippen LogP) is 2.37. The lowest BCUT2D eigenvalue weighted by Crippen LogP contribution is -2.25. The number of benzene rings is 1. The van der Waals surface area contributed by atoms with Crippen LogP contribution in [0.1, 0.15) is 12.2 Å². The highest BCUT2D eigenvalue weighted by atomic mass is 35.7. The summed E-state index contributed by atoms with van der Waals surface area (Å²) in [6, 6.07) is 9.26. The van der Waals surface area contributed by atoms with E-state index in [1.54, 1.807) is 17.2 Å². The van der Waals surface area contributed by atoms with Crippen molar-refractivity contribution in [3.05, 3.63) is 42.4 Å². The number of halogens is 1. The molecule has 1 aromatic heterocycles. The molecule has 126 valence electrons. The molecule has 1 aromatic carbocycles. The van der Waals surface area contributed by atoms with E-state index < -0.39 is 9.05 Å². The van der Waals surface area contributed by atoms with Crippen LogP contribution in [0.3, 0.4) is 0 Å². The molecule has 1 fully saturated rings. The summed E-state index contributed by atoms with van der Waals surface area (Å²) in [6.07, 6.45) is 1.87. The number of rotatable bonds is 4.